The summed E-state index contributed by atoms with van der Waals surface area (Å²) in [5.41, 5.74) is 1.60. The highest BCUT2D eigenvalue weighted by molar-refractivity contribution is 7.15. The lowest BCUT2D eigenvalue weighted by molar-refractivity contribution is -0.136. The Morgan fingerprint density at radius 3 is 2.87 bits per heavy atom. The normalized spacial score (nSPS) is 22.5. The fourth-order valence-corrected chi connectivity index (χ4v) is 4.99. The van der Waals surface area contributed by atoms with E-state index in [-0.39, 0.29) is 18.2 Å². The van der Waals surface area contributed by atoms with E-state index < -0.39 is 17.6 Å². The molecule has 1 unspecified atom stereocenters. The predicted molar refractivity (Wildman–Crippen MR) is 109 cm³/mol. The molecule has 1 aromatic carbocycles. The molecule has 2 aromatic rings. The predicted octanol–water partition coefficient (Wildman–Crippen LogP) is 0.307. The number of piperidine rings is 1. The molecule has 1 atom stereocenters. The fourth-order valence-electron chi connectivity index (χ4n) is 4.09. The Labute approximate surface area is 176 Å². The van der Waals surface area contributed by atoms with Gasteiger partial charge in [-0.25, -0.2) is 4.98 Å². The third-order valence-electron chi connectivity index (χ3n) is 5.91. The molecule has 4 N–H and O–H groups in total. The summed E-state index contributed by atoms with van der Waals surface area (Å²) in [5, 5.41) is 19.8. The van der Waals surface area contributed by atoms with Gasteiger partial charge in [0.25, 0.3) is 5.91 Å². The van der Waals surface area contributed by atoms with Crippen molar-refractivity contribution in [2.75, 3.05) is 18.4 Å². The number of imide groups is 1. The van der Waals surface area contributed by atoms with Gasteiger partial charge in [-0.3, -0.25) is 19.7 Å². The number of nitrogens with zero attached hydrogens (tertiary/aromatic N) is 2. The Hall–Kier alpha value is -2.82. The van der Waals surface area contributed by atoms with Crippen molar-refractivity contribution in [1.82, 2.24) is 20.5 Å². The van der Waals surface area contributed by atoms with Crippen molar-refractivity contribution in [2.45, 2.75) is 37.6 Å². The monoisotopic (exact) mass is 427 g/mol. The number of nitrogens with one attached hydrogen (secondary N) is 3. The van der Waals surface area contributed by atoms with Crippen LogP contribution in [0.4, 0.5) is 5.13 Å². The summed E-state index contributed by atoms with van der Waals surface area (Å²) in [4.78, 5) is 43.3. The molecule has 5 rings (SSSR count). The van der Waals surface area contributed by atoms with Crippen LogP contribution >= 0.6 is 11.3 Å². The number of aromatic nitrogens is 1. The second-order valence-electron chi connectivity index (χ2n) is 7.86. The van der Waals surface area contributed by atoms with Crippen molar-refractivity contribution in [3.63, 3.8) is 0 Å². The minimum atomic E-state index is -0.833. The number of anilines is 1. The molecule has 0 radical (unpaired) electrons. The van der Waals surface area contributed by atoms with E-state index in [9.17, 15) is 19.5 Å². The number of hydrogen-bond donors (Lipinski definition) is 4. The molecule has 0 spiro atoms. The van der Waals surface area contributed by atoms with E-state index in [4.69, 9.17) is 0 Å². The van der Waals surface area contributed by atoms with Gasteiger partial charge in [0.05, 0.1) is 4.88 Å². The quantitative estimate of drug-likeness (QED) is 0.506. The lowest BCUT2D eigenvalue weighted by Gasteiger charge is -2.36. The average Bonchev–Trinajstić information content (AvgIpc) is 3.30. The molecule has 1 aromatic heterocycles. The lowest BCUT2D eigenvalue weighted by Crippen LogP contribution is -2.56. The zero-order valence-electron chi connectivity index (χ0n) is 16.1. The standard InChI is InChI=1S/C20H21N5O4S/c26-16-5-4-14(17(27)24-16)25-8-13-11(2-1-3-12(13)18(25)28)6-22-19-23-7-15(30-19)20(29)9-21-10-20/h1-3,7,14,21,29H,4-6,8-10H2,(H,22,23)(H,24,26,27). The first-order chi connectivity index (χ1) is 14.4. The topological polar surface area (TPSA) is 124 Å². The van der Waals surface area contributed by atoms with Crippen molar-refractivity contribution in [2.24, 2.45) is 0 Å². The number of carbonyl (C=O) groups excluding carboxylic acids is 3. The Morgan fingerprint density at radius 1 is 1.30 bits per heavy atom. The molecule has 156 valence electrons. The van der Waals surface area contributed by atoms with Gasteiger partial charge in [0.15, 0.2) is 5.13 Å². The van der Waals surface area contributed by atoms with Crippen molar-refractivity contribution in [1.29, 1.82) is 0 Å². The number of benzene rings is 1. The van der Waals surface area contributed by atoms with Crippen LogP contribution in [0.15, 0.2) is 24.4 Å². The number of carbonyl (C=O) groups is 3. The number of β-amino-alcohol motifs (C(OH)–C–C–N with tert-alkyl or cyclic N) is 1. The Balaban J connectivity index is 1.31. The van der Waals surface area contributed by atoms with Gasteiger partial charge in [0.1, 0.15) is 11.6 Å². The maximum atomic E-state index is 12.9. The molecule has 0 saturated carbocycles. The van der Waals surface area contributed by atoms with Crippen LogP contribution in [0.25, 0.3) is 0 Å². The second kappa shape index (κ2) is 7.15. The molecule has 2 saturated heterocycles. The summed E-state index contributed by atoms with van der Waals surface area (Å²) in [6.45, 7) is 1.87. The van der Waals surface area contributed by atoms with Crippen LogP contribution in [0.1, 0.15) is 39.2 Å². The van der Waals surface area contributed by atoms with Crippen LogP contribution in [0.5, 0.6) is 0 Å². The largest absolute Gasteiger partial charge is 0.382 e. The molecule has 3 aliphatic heterocycles. The van der Waals surface area contributed by atoms with Crippen molar-refractivity contribution in [3.8, 4) is 0 Å². The Kier molecular flexibility index (Phi) is 4.57. The summed E-state index contributed by atoms with van der Waals surface area (Å²) < 4.78 is 0. The summed E-state index contributed by atoms with van der Waals surface area (Å²) in [6, 6.07) is 4.93. The first-order valence-electron chi connectivity index (χ1n) is 9.83. The molecule has 3 aliphatic rings. The van der Waals surface area contributed by atoms with Crippen LogP contribution < -0.4 is 16.0 Å². The van der Waals surface area contributed by atoms with Crippen LogP contribution in [-0.4, -0.2) is 51.8 Å². The van der Waals surface area contributed by atoms with E-state index >= 15 is 0 Å². The van der Waals surface area contributed by atoms with Gasteiger partial charge in [-0.05, 0) is 23.6 Å². The van der Waals surface area contributed by atoms with Gasteiger partial charge in [-0.1, -0.05) is 23.5 Å². The minimum absolute atomic E-state index is 0.183. The molecule has 9 nitrogen and oxygen atoms in total. The maximum absolute atomic E-state index is 12.9. The first kappa shape index (κ1) is 19.2. The minimum Gasteiger partial charge on any atom is -0.382 e. The highest BCUT2D eigenvalue weighted by Gasteiger charge is 2.40. The number of hydrogen-bond acceptors (Lipinski definition) is 8. The average molecular weight is 427 g/mol. The summed E-state index contributed by atoms with van der Waals surface area (Å²) in [7, 11) is 0. The van der Waals surface area contributed by atoms with E-state index in [1.165, 1.54) is 11.3 Å². The van der Waals surface area contributed by atoms with Crippen LogP contribution in [0.2, 0.25) is 0 Å². The van der Waals surface area contributed by atoms with Gasteiger partial charge in [-0.15, -0.1) is 0 Å². The third-order valence-corrected chi connectivity index (χ3v) is 7.06. The molecule has 4 heterocycles. The summed E-state index contributed by atoms with van der Waals surface area (Å²) in [5.74, 6) is -0.890. The number of aliphatic hydroxyl groups is 1. The smallest absolute Gasteiger partial charge is 0.255 e. The van der Waals surface area contributed by atoms with Crippen LogP contribution in [-0.2, 0) is 28.3 Å². The number of rotatable bonds is 5. The van der Waals surface area contributed by atoms with Crippen molar-refractivity contribution < 1.29 is 19.5 Å². The third kappa shape index (κ3) is 3.17. The highest BCUT2D eigenvalue weighted by atomic mass is 32.1. The number of fused-ring (bicyclic) bond motifs is 1. The van der Waals surface area contributed by atoms with Crippen LogP contribution in [0, 0.1) is 0 Å². The number of amides is 3. The zero-order chi connectivity index (χ0) is 20.9. The Bertz CT molecular complexity index is 1050. The molecule has 10 heteroatoms. The van der Waals surface area contributed by atoms with Gasteiger partial charge < -0.3 is 20.6 Å². The highest BCUT2D eigenvalue weighted by Crippen LogP contribution is 2.33. The molecule has 0 aliphatic carbocycles. The van der Waals surface area contributed by atoms with Gasteiger partial charge >= 0.3 is 0 Å². The fraction of sp³-hybridized carbons (Fsp3) is 0.400. The van der Waals surface area contributed by atoms with Crippen LogP contribution in [0.3, 0.4) is 0 Å². The van der Waals surface area contributed by atoms with E-state index in [2.05, 4.69) is 20.9 Å². The molecule has 2 fully saturated rings. The van der Waals surface area contributed by atoms with Gasteiger partial charge in [0.2, 0.25) is 11.8 Å². The molecule has 0 bridgehead atoms. The number of thiazole rings is 1. The molecular weight excluding hydrogens is 406 g/mol. The van der Waals surface area contributed by atoms with E-state index in [1.807, 2.05) is 12.1 Å². The van der Waals surface area contributed by atoms with E-state index in [0.717, 1.165) is 16.0 Å². The summed E-state index contributed by atoms with van der Waals surface area (Å²) in [6.07, 6.45) is 2.27. The molecule has 3 amide bonds. The molecular formula is C20H21N5O4S. The van der Waals surface area contributed by atoms with E-state index in [0.29, 0.717) is 43.3 Å². The van der Waals surface area contributed by atoms with Crippen molar-refractivity contribution >= 4 is 34.2 Å². The Morgan fingerprint density at radius 2 is 2.13 bits per heavy atom. The van der Waals surface area contributed by atoms with Crippen molar-refractivity contribution in [3.05, 3.63) is 46.0 Å². The zero-order valence-corrected chi connectivity index (χ0v) is 16.9. The van der Waals surface area contributed by atoms with E-state index in [1.54, 1.807) is 17.2 Å². The second-order valence-corrected chi connectivity index (χ2v) is 8.89. The lowest BCUT2D eigenvalue weighted by atomic mass is 9.96. The molecule has 30 heavy (non-hydrogen) atoms. The van der Waals surface area contributed by atoms with Gasteiger partial charge in [0, 0.05) is 44.4 Å². The summed E-state index contributed by atoms with van der Waals surface area (Å²) >= 11 is 1.42. The SMILES string of the molecule is O=C1CCC(N2Cc3c(CNc4ncc(C5(O)CNC5)s4)cccc3C2=O)C(=O)N1. The maximum Gasteiger partial charge on any atom is 0.255 e. The first-order valence-corrected chi connectivity index (χ1v) is 10.6. The van der Waals surface area contributed by atoms with Gasteiger partial charge in [-0.2, -0.15) is 0 Å².